The number of carboxylic acid groups (broad SMARTS) is 1. The molecule has 3 unspecified atom stereocenters. The number of piperidine rings is 1. The third-order valence-corrected chi connectivity index (χ3v) is 4.51. The fourth-order valence-electron chi connectivity index (χ4n) is 3.21. The van der Waals surface area contributed by atoms with E-state index in [1.165, 1.54) is 19.4 Å². The maximum atomic E-state index is 11.8. The van der Waals surface area contributed by atoms with Gasteiger partial charge in [-0.2, -0.15) is 0 Å². The van der Waals surface area contributed by atoms with Crippen LogP contribution in [0.2, 0.25) is 0 Å². The van der Waals surface area contributed by atoms with E-state index in [1.54, 1.807) is 0 Å². The summed E-state index contributed by atoms with van der Waals surface area (Å²) in [5.41, 5.74) is 0. The monoisotopic (exact) mass is 283 g/mol. The largest absolute Gasteiger partial charge is 0.481 e. The Hall–Kier alpha value is -1.30. The Labute approximate surface area is 119 Å². The van der Waals surface area contributed by atoms with Gasteiger partial charge in [-0.1, -0.05) is 6.92 Å². The van der Waals surface area contributed by atoms with E-state index in [2.05, 4.69) is 15.5 Å². The summed E-state index contributed by atoms with van der Waals surface area (Å²) in [7, 11) is 0. The second-order valence-electron chi connectivity index (χ2n) is 5.85. The van der Waals surface area contributed by atoms with Gasteiger partial charge in [-0.3, -0.25) is 4.79 Å². The first-order valence-corrected chi connectivity index (χ1v) is 7.61. The lowest BCUT2D eigenvalue weighted by Gasteiger charge is -2.35. The molecule has 114 valence electrons. The van der Waals surface area contributed by atoms with Gasteiger partial charge in [0.05, 0.1) is 5.92 Å². The standard InChI is InChI=1S/C14H25N3O3/c1-2-10(13(18)19)9-15-14(20)16-11-5-7-17-6-3-4-12(17)8-11/h10-12H,2-9H2,1H3,(H,18,19)(H2,15,16,20). The van der Waals surface area contributed by atoms with E-state index in [-0.39, 0.29) is 18.6 Å². The molecule has 0 spiro atoms. The minimum Gasteiger partial charge on any atom is -0.481 e. The van der Waals surface area contributed by atoms with Gasteiger partial charge in [-0.25, -0.2) is 4.79 Å². The average Bonchev–Trinajstić information content (AvgIpc) is 2.86. The number of carboxylic acids is 1. The van der Waals surface area contributed by atoms with Crippen molar-refractivity contribution in [3.05, 3.63) is 0 Å². The topological polar surface area (TPSA) is 81.7 Å². The lowest BCUT2D eigenvalue weighted by molar-refractivity contribution is -0.141. The Balaban J connectivity index is 1.70. The number of amides is 2. The molecule has 2 fully saturated rings. The van der Waals surface area contributed by atoms with Crippen LogP contribution in [0.15, 0.2) is 0 Å². The van der Waals surface area contributed by atoms with E-state index in [1.807, 2.05) is 6.92 Å². The fourth-order valence-corrected chi connectivity index (χ4v) is 3.21. The van der Waals surface area contributed by atoms with Crippen LogP contribution in [-0.2, 0) is 4.79 Å². The predicted molar refractivity (Wildman–Crippen MR) is 75.6 cm³/mol. The number of urea groups is 1. The molecular weight excluding hydrogens is 258 g/mol. The van der Waals surface area contributed by atoms with Gasteiger partial charge in [-0.15, -0.1) is 0 Å². The van der Waals surface area contributed by atoms with Crippen LogP contribution in [0, 0.1) is 5.92 Å². The first kappa shape index (κ1) is 15.1. The lowest BCUT2D eigenvalue weighted by atomic mass is 9.98. The number of nitrogens with zero attached hydrogens (tertiary/aromatic N) is 1. The van der Waals surface area contributed by atoms with E-state index < -0.39 is 11.9 Å². The normalized spacial score (nSPS) is 27.6. The molecule has 2 heterocycles. The van der Waals surface area contributed by atoms with Crippen molar-refractivity contribution in [2.45, 2.75) is 51.1 Å². The molecule has 6 heteroatoms. The van der Waals surface area contributed by atoms with Crippen molar-refractivity contribution in [1.29, 1.82) is 0 Å². The van der Waals surface area contributed by atoms with E-state index in [4.69, 9.17) is 5.11 Å². The maximum absolute atomic E-state index is 11.8. The SMILES string of the molecule is CCC(CNC(=O)NC1CCN2CCCC2C1)C(=O)O. The van der Waals surface area contributed by atoms with Crippen LogP contribution < -0.4 is 10.6 Å². The van der Waals surface area contributed by atoms with Crippen LogP contribution in [-0.4, -0.2) is 53.7 Å². The first-order chi connectivity index (χ1) is 9.60. The van der Waals surface area contributed by atoms with E-state index >= 15 is 0 Å². The molecule has 2 aliphatic heterocycles. The minimum atomic E-state index is -0.855. The summed E-state index contributed by atoms with van der Waals surface area (Å²) in [6.45, 7) is 4.26. The summed E-state index contributed by atoms with van der Waals surface area (Å²) in [6, 6.07) is 0.608. The van der Waals surface area contributed by atoms with E-state index in [0.29, 0.717) is 12.5 Å². The van der Waals surface area contributed by atoms with Crippen LogP contribution in [0.25, 0.3) is 0 Å². The zero-order valence-corrected chi connectivity index (χ0v) is 12.1. The molecule has 2 rings (SSSR count). The second-order valence-corrected chi connectivity index (χ2v) is 5.85. The highest BCUT2D eigenvalue weighted by Gasteiger charge is 2.32. The molecule has 0 saturated carbocycles. The summed E-state index contributed by atoms with van der Waals surface area (Å²) >= 11 is 0. The van der Waals surface area contributed by atoms with Gasteiger partial charge in [0, 0.05) is 25.2 Å². The van der Waals surface area contributed by atoms with Crippen molar-refractivity contribution in [2.24, 2.45) is 5.92 Å². The van der Waals surface area contributed by atoms with E-state index in [9.17, 15) is 9.59 Å². The summed E-state index contributed by atoms with van der Waals surface area (Å²) < 4.78 is 0. The van der Waals surface area contributed by atoms with Crippen LogP contribution in [0.5, 0.6) is 0 Å². The number of nitrogens with one attached hydrogen (secondary N) is 2. The molecule has 0 aliphatic carbocycles. The molecule has 2 saturated heterocycles. The number of hydrogen-bond donors (Lipinski definition) is 3. The summed E-state index contributed by atoms with van der Waals surface area (Å²) in [4.78, 5) is 25.2. The maximum Gasteiger partial charge on any atom is 0.315 e. The number of rotatable bonds is 5. The molecule has 6 nitrogen and oxygen atoms in total. The van der Waals surface area contributed by atoms with Gasteiger partial charge in [0.2, 0.25) is 0 Å². The van der Waals surface area contributed by atoms with Crippen molar-refractivity contribution in [1.82, 2.24) is 15.5 Å². The third kappa shape index (κ3) is 3.85. The molecule has 0 aromatic heterocycles. The Bertz CT molecular complexity index is 362. The smallest absolute Gasteiger partial charge is 0.315 e. The highest BCUT2D eigenvalue weighted by molar-refractivity contribution is 5.76. The lowest BCUT2D eigenvalue weighted by Crippen LogP contribution is -2.50. The predicted octanol–water partition coefficient (Wildman–Crippen LogP) is 1.02. The van der Waals surface area contributed by atoms with Crippen molar-refractivity contribution < 1.29 is 14.7 Å². The minimum absolute atomic E-state index is 0.194. The molecule has 3 atom stereocenters. The van der Waals surface area contributed by atoms with Crippen LogP contribution in [0.4, 0.5) is 4.79 Å². The molecule has 2 aliphatic rings. The Morgan fingerprint density at radius 2 is 2.15 bits per heavy atom. The summed E-state index contributed by atoms with van der Waals surface area (Å²) in [6.07, 6.45) is 5.02. The first-order valence-electron chi connectivity index (χ1n) is 7.61. The number of hydrogen-bond acceptors (Lipinski definition) is 3. The molecular formula is C14H25N3O3. The highest BCUT2D eigenvalue weighted by Crippen LogP contribution is 2.26. The zero-order chi connectivity index (χ0) is 14.5. The van der Waals surface area contributed by atoms with Gasteiger partial charge >= 0.3 is 12.0 Å². The van der Waals surface area contributed by atoms with Crippen molar-refractivity contribution in [2.75, 3.05) is 19.6 Å². The van der Waals surface area contributed by atoms with Crippen LogP contribution in [0.1, 0.15) is 39.0 Å². The second kappa shape index (κ2) is 6.92. The molecule has 0 aromatic carbocycles. The summed E-state index contributed by atoms with van der Waals surface area (Å²) in [5.74, 6) is -1.36. The number of fused-ring (bicyclic) bond motifs is 1. The Morgan fingerprint density at radius 3 is 2.85 bits per heavy atom. The molecule has 0 aromatic rings. The number of aliphatic carboxylic acids is 1. The number of carbonyl (C=O) groups is 2. The van der Waals surface area contributed by atoms with Gasteiger partial charge in [-0.05, 0) is 38.6 Å². The zero-order valence-electron chi connectivity index (χ0n) is 12.1. The van der Waals surface area contributed by atoms with Crippen molar-refractivity contribution >= 4 is 12.0 Å². The van der Waals surface area contributed by atoms with Crippen molar-refractivity contribution in [3.63, 3.8) is 0 Å². The molecule has 2 amide bonds. The van der Waals surface area contributed by atoms with E-state index in [0.717, 1.165) is 19.4 Å². The molecule has 3 N–H and O–H groups in total. The Morgan fingerprint density at radius 1 is 1.35 bits per heavy atom. The van der Waals surface area contributed by atoms with Gasteiger partial charge < -0.3 is 20.6 Å². The average molecular weight is 283 g/mol. The van der Waals surface area contributed by atoms with Crippen molar-refractivity contribution in [3.8, 4) is 0 Å². The van der Waals surface area contributed by atoms with Crippen LogP contribution >= 0.6 is 0 Å². The third-order valence-electron chi connectivity index (χ3n) is 4.51. The summed E-state index contributed by atoms with van der Waals surface area (Å²) in [5, 5.41) is 14.6. The molecule has 0 radical (unpaired) electrons. The molecule has 0 bridgehead atoms. The quantitative estimate of drug-likeness (QED) is 0.703. The van der Waals surface area contributed by atoms with Gasteiger partial charge in [0.25, 0.3) is 0 Å². The highest BCUT2D eigenvalue weighted by atomic mass is 16.4. The van der Waals surface area contributed by atoms with Gasteiger partial charge in [0.15, 0.2) is 0 Å². The van der Waals surface area contributed by atoms with Gasteiger partial charge in [0.1, 0.15) is 0 Å². The molecule has 20 heavy (non-hydrogen) atoms. The van der Waals surface area contributed by atoms with Crippen LogP contribution in [0.3, 0.4) is 0 Å². The Kier molecular flexibility index (Phi) is 5.23. The number of carbonyl (C=O) groups excluding carboxylic acids is 1. The fraction of sp³-hybridized carbons (Fsp3) is 0.857.